The van der Waals surface area contributed by atoms with Crippen LogP contribution in [0.15, 0.2) is 16.7 Å². The number of hydrogen-bond acceptors (Lipinski definition) is 3. The zero-order valence-corrected chi connectivity index (χ0v) is 4.96. The van der Waals surface area contributed by atoms with Crippen LogP contribution in [0.2, 0.25) is 0 Å². The van der Waals surface area contributed by atoms with Crippen LogP contribution < -0.4 is 0 Å². The maximum atomic E-state index is 8.53. The number of hydrogen-bond donors (Lipinski definition) is 0. The van der Waals surface area contributed by atoms with Crippen molar-refractivity contribution in [1.82, 2.24) is 0 Å². The number of nitriles is 2. The minimum absolute atomic E-state index is 0.512. The van der Waals surface area contributed by atoms with Gasteiger partial charge in [0.1, 0.15) is 5.76 Å². The lowest BCUT2D eigenvalue weighted by Gasteiger charge is -1.87. The molecule has 1 aliphatic rings. The van der Waals surface area contributed by atoms with E-state index in [1.165, 1.54) is 6.26 Å². The fourth-order valence-corrected chi connectivity index (χ4v) is 1.05. The molecule has 1 heterocycles. The molecule has 0 N–H and O–H groups in total. The van der Waals surface area contributed by atoms with E-state index < -0.39 is 5.41 Å². The van der Waals surface area contributed by atoms with Crippen molar-refractivity contribution in [3.05, 3.63) is 23.7 Å². The van der Waals surface area contributed by atoms with Gasteiger partial charge in [-0.15, -0.1) is 0 Å². The van der Waals surface area contributed by atoms with E-state index in [-0.39, 0.29) is 0 Å². The summed E-state index contributed by atoms with van der Waals surface area (Å²) in [4.78, 5) is 0. The molecule has 0 atom stereocenters. The highest BCUT2D eigenvalue weighted by Crippen LogP contribution is 2.49. The molecule has 0 amide bonds. The van der Waals surface area contributed by atoms with Crippen molar-refractivity contribution in [2.75, 3.05) is 0 Å². The molecule has 0 saturated heterocycles. The molecule has 0 aliphatic heterocycles. The lowest BCUT2D eigenvalue weighted by Crippen LogP contribution is -1.99. The first-order valence-corrected chi connectivity index (χ1v) is 2.76. The Bertz CT molecular complexity index is 329. The molecule has 0 bridgehead atoms. The van der Waals surface area contributed by atoms with Gasteiger partial charge in [-0.2, -0.15) is 10.5 Å². The van der Waals surface area contributed by atoms with E-state index in [0.29, 0.717) is 5.76 Å². The van der Waals surface area contributed by atoms with Crippen LogP contribution in [0.25, 0.3) is 0 Å². The monoisotopic (exact) mass is 130 g/mol. The summed E-state index contributed by atoms with van der Waals surface area (Å²) in [6.07, 6.45) is 1.48. The van der Waals surface area contributed by atoms with Crippen LogP contribution in [0, 0.1) is 22.7 Å². The standard InChI is InChI=1S/C7H2N2O/c8-3-7(4-9)5-1-2-10-6(5)7/h1-2H. The van der Waals surface area contributed by atoms with Crippen LogP contribution in [0.1, 0.15) is 11.3 Å². The van der Waals surface area contributed by atoms with Gasteiger partial charge < -0.3 is 4.42 Å². The summed E-state index contributed by atoms with van der Waals surface area (Å²) in [6, 6.07) is 5.44. The Kier molecular flexibility index (Phi) is 0.620. The average Bonchev–Trinajstić information content (AvgIpc) is 2.40. The topological polar surface area (TPSA) is 60.7 Å². The van der Waals surface area contributed by atoms with Gasteiger partial charge >= 0.3 is 0 Å². The zero-order valence-electron chi connectivity index (χ0n) is 4.96. The van der Waals surface area contributed by atoms with Crippen molar-refractivity contribution in [1.29, 1.82) is 10.5 Å². The van der Waals surface area contributed by atoms with Crippen molar-refractivity contribution in [3.63, 3.8) is 0 Å². The molecule has 2 rings (SSSR count). The highest BCUT2D eigenvalue weighted by molar-refractivity contribution is 5.66. The summed E-state index contributed by atoms with van der Waals surface area (Å²) in [5.41, 5.74) is -0.299. The van der Waals surface area contributed by atoms with Gasteiger partial charge in [-0.3, -0.25) is 0 Å². The van der Waals surface area contributed by atoms with Crippen molar-refractivity contribution >= 4 is 0 Å². The van der Waals surface area contributed by atoms with Gasteiger partial charge in [0.05, 0.1) is 18.4 Å². The van der Waals surface area contributed by atoms with Crippen LogP contribution in [0.4, 0.5) is 0 Å². The Morgan fingerprint density at radius 2 is 2.10 bits per heavy atom. The predicted molar refractivity (Wildman–Crippen MR) is 30.7 cm³/mol. The van der Waals surface area contributed by atoms with E-state index in [4.69, 9.17) is 14.9 Å². The number of nitrogens with zero attached hydrogens (tertiary/aromatic N) is 2. The van der Waals surface area contributed by atoms with Crippen LogP contribution in [0.5, 0.6) is 0 Å². The molecule has 1 aliphatic carbocycles. The van der Waals surface area contributed by atoms with Crippen LogP contribution in [0.3, 0.4) is 0 Å². The van der Waals surface area contributed by atoms with Gasteiger partial charge in [0.15, 0.2) is 0 Å². The Balaban J connectivity index is 2.57. The molecule has 0 radical (unpaired) electrons. The van der Waals surface area contributed by atoms with E-state index in [0.717, 1.165) is 5.56 Å². The van der Waals surface area contributed by atoms with Crippen LogP contribution >= 0.6 is 0 Å². The molecule has 0 aromatic carbocycles. The van der Waals surface area contributed by atoms with Crippen molar-refractivity contribution in [2.45, 2.75) is 5.41 Å². The maximum Gasteiger partial charge on any atom is 0.229 e. The van der Waals surface area contributed by atoms with Gasteiger partial charge in [0.2, 0.25) is 5.41 Å². The van der Waals surface area contributed by atoms with Gasteiger partial charge in [0.25, 0.3) is 0 Å². The van der Waals surface area contributed by atoms with Gasteiger partial charge in [-0.05, 0) is 6.07 Å². The molecule has 0 fully saturated rings. The second-order valence-electron chi connectivity index (χ2n) is 2.14. The molecule has 1 aromatic rings. The molecule has 0 unspecified atom stereocenters. The van der Waals surface area contributed by atoms with Crippen molar-refractivity contribution in [2.24, 2.45) is 0 Å². The molecule has 0 spiro atoms. The number of furan rings is 1. The summed E-state index contributed by atoms with van der Waals surface area (Å²) in [6.45, 7) is 0. The quantitative estimate of drug-likeness (QED) is 0.524. The highest BCUT2D eigenvalue weighted by Gasteiger charge is 2.56. The largest absolute Gasteiger partial charge is 0.466 e. The molecule has 46 valence electrons. The molecule has 3 heteroatoms. The van der Waals surface area contributed by atoms with Gasteiger partial charge in [-0.25, -0.2) is 0 Å². The van der Waals surface area contributed by atoms with E-state index in [9.17, 15) is 0 Å². The minimum Gasteiger partial charge on any atom is -0.466 e. The first-order valence-electron chi connectivity index (χ1n) is 2.76. The van der Waals surface area contributed by atoms with E-state index in [2.05, 4.69) is 0 Å². The Hall–Kier alpha value is -1.74. The van der Waals surface area contributed by atoms with Gasteiger partial charge in [-0.1, -0.05) is 0 Å². The fourth-order valence-electron chi connectivity index (χ4n) is 1.05. The summed E-state index contributed by atoms with van der Waals surface area (Å²) < 4.78 is 4.88. The third-order valence-electron chi connectivity index (χ3n) is 1.68. The highest BCUT2D eigenvalue weighted by atomic mass is 16.3. The van der Waals surface area contributed by atoms with Crippen LogP contribution in [-0.4, -0.2) is 0 Å². The lowest BCUT2D eigenvalue weighted by atomic mass is 10.1. The van der Waals surface area contributed by atoms with Crippen molar-refractivity contribution in [3.8, 4) is 12.1 Å². The summed E-state index contributed by atoms with van der Waals surface area (Å²) >= 11 is 0. The predicted octanol–water partition coefficient (Wildman–Crippen LogP) is 0.926. The third-order valence-corrected chi connectivity index (χ3v) is 1.68. The maximum absolute atomic E-state index is 8.53. The Morgan fingerprint density at radius 1 is 1.40 bits per heavy atom. The number of fused-ring (bicyclic) bond motifs is 1. The van der Waals surface area contributed by atoms with E-state index in [1.807, 2.05) is 12.1 Å². The first-order chi connectivity index (χ1) is 4.85. The smallest absolute Gasteiger partial charge is 0.229 e. The molecule has 1 aromatic heterocycles. The summed E-state index contributed by atoms with van der Waals surface area (Å²) in [7, 11) is 0. The number of rotatable bonds is 0. The van der Waals surface area contributed by atoms with Crippen LogP contribution in [-0.2, 0) is 5.41 Å². The average molecular weight is 130 g/mol. The van der Waals surface area contributed by atoms with Crippen molar-refractivity contribution < 1.29 is 4.42 Å². The first kappa shape index (κ1) is 5.08. The second kappa shape index (κ2) is 1.22. The van der Waals surface area contributed by atoms with E-state index in [1.54, 1.807) is 6.07 Å². The Labute approximate surface area is 57.1 Å². The summed E-state index contributed by atoms with van der Waals surface area (Å²) in [5, 5.41) is 17.1. The van der Waals surface area contributed by atoms with E-state index >= 15 is 0 Å². The lowest BCUT2D eigenvalue weighted by molar-refractivity contribution is 0.528. The summed E-state index contributed by atoms with van der Waals surface area (Å²) in [5.74, 6) is 0.512. The molecule has 0 saturated carbocycles. The molecular weight excluding hydrogens is 128 g/mol. The second-order valence-corrected chi connectivity index (χ2v) is 2.14. The molecule has 10 heavy (non-hydrogen) atoms. The van der Waals surface area contributed by atoms with Gasteiger partial charge in [0, 0.05) is 5.56 Å². The SMILES string of the molecule is N#CC1(C#N)c2ccoc21. The molecular formula is C7H2N2O. The molecule has 3 nitrogen and oxygen atoms in total. The third kappa shape index (κ3) is 0.294. The normalized spacial score (nSPS) is 16.6. The fraction of sp³-hybridized carbons (Fsp3) is 0.143. The zero-order chi connectivity index (χ0) is 7.19. The minimum atomic E-state index is -1.02. The Morgan fingerprint density at radius 3 is 2.40 bits per heavy atom.